The molecule has 34 heavy (non-hydrogen) atoms. The van der Waals surface area contributed by atoms with E-state index in [4.69, 9.17) is 9.15 Å². The summed E-state index contributed by atoms with van der Waals surface area (Å²) in [6.45, 7) is 0. The Morgan fingerprint density at radius 1 is 0.912 bits per heavy atom. The van der Waals surface area contributed by atoms with Crippen LogP contribution in [0.2, 0.25) is 0 Å². The van der Waals surface area contributed by atoms with Crippen LogP contribution in [-0.4, -0.2) is 26.2 Å². The van der Waals surface area contributed by atoms with Gasteiger partial charge in [0.1, 0.15) is 16.7 Å². The highest BCUT2D eigenvalue weighted by Crippen LogP contribution is 2.52. The van der Waals surface area contributed by atoms with E-state index in [0.29, 0.717) is 22.2 Å². The molecule has 166 valence electrons. The van der Waals surface area contributed by atoms with Crippen molar-refractivity contribution in [3.05, 3.63) is 88.3 Å². The minimum absolute atomic E-state index is 0.0371. The molecular weight excluding hydrogens is 436 g/mol. The Labute approximate surface area is 191 Å². The van der Waals surface area contributed by atoms with Crippen LogP contribution in [-0.2, 0) is 4.79 Å². The van der Waals surface area contributed by atoms with Gasteiger partial charge in [-0.25, -0.2) is 0 Å². The standard InChI is InChI=1S/C26H16N2O6/c29-17-12-18(13-5-2-1-3-6-13)33-25-20-15(14-7-4-8-16-22(14)28-10-9-27-16)11-19(30)34-26(20)24(32)23(31)21(17)25/h1-10,12,15,31-32H,11H2/t15-/m0/s1. The minimum Gasteiger partial charge on any atom is -0.504 e. The summed E-state index contributed by atoms with van der Waals surface area (Å²) >= 11 is 0. The quantitative estimate of drug-likeness (QED) is 0.231. The number of phenolic OH excluding ortho intramolecular Hbond substituents is 2. The van der Waals surface area contributed by atoms with Crippen LogP contribution in [0.5, 0.6) is 17.2 Å². The van der Waals surface area contributed by atoms with Gasteiger partial charge in [-0.05, 0) is 11.6 Å². The molecule has 0 fully saturated rings. The maximum Gasteiger partial charge on any atom is 0.312 e. The predicted octanol–water partition coefficient (Wildman–Crippen LogP) is 4.26. The molecule has 8 heteroatoms. The summed E-state index contributed by atoms with van der Waals surface area (Å²) in [6, 6.07) is 15.7. The first-order chi connectivity index (χ1) is 16.5. The molecule has 0 saturated carbocycles. The van der Waals surface area contributed by atoms with Crippen molar-refractivity contribution < 1.29 is 24.2 Å². The summed E-state index contributed by atoms with van der Waals surface area (Å²) in [6.07, 6.45) is 3.04. The van der Waals surface area contributed by atoms with Gasteiger partial charge in [-0.3, -0.25) is 19.6 Å². The van der Waals surface area contributed by atoms with Gasteiger partial charge in [0.25, 0.3) is 0 Å². The number of rotatable bonds is 2. The second kappa shape index (κ2) is 7.41. The van der Waals surface area contributed by atoms with Gasteiger partial charge in [-0.2, -0.15) is 0 Å². The summed E-state index contributed by atoms with van der Waals surface area (Å²) in [7, 11) is 0. The van der Waals surface area contributed by atoms with Gasteiger partial charge in [0.15, 0.2) is 16.9 Å². The van der Waals surface area contributed by atoms with E-state index >= 15 is 0 Å². The number of fused-ring (bicyclic) bond motifs is 4. The maximum absolute atomic E-state index is 13.1. The number of carbonyl (C=O) groups excluding carboxylic acids is 1. The fourth-order valence-electron chi connectivity index (χ4n) is 4.51. The van der Waals surface area contributed by atoms with E-state index in [1.54, 1.807) is 42.7 Å². The molecule has 1 aliphatic heterocycles. The van der Waals surface area contributed by atoms with Crippen molar-refractivity contribution >= 4 is 28.0 Å². The Kier molecular flexibility index (Phi) is 4.35. The van der Waals surface area contributed by atoms with Crippen LogP contribution in [0.3, 0.4) is 0 Å². The number of para-hydroxylation sites is 1. The zero-order chi connectivity index (χ0) is 23.4. The molecule has 3 heterocycles. The number of aromatic nitrogens is 2. The summed E-state index contributed by atoms with van der Waals surface area (Å²) in [4.78, 5) is 34.4. The van der Waals surface area contributed by atoms with Crippen molar-refractivity contribution in [2.24, 2.45) is 0 Å². The Morgan fingerprint density at radius 3 is 2.53 bits per heavy atom. The van der Waals surface area contributed by atoms with Crippen LogP contribution in [0, 0.1) is 0 Å². The SMILES string of the molecule is O=C1C[C@@H](c2cccc3nccnc23)c2c(c(O)c(O)c3c(=O)cc(-c4ccccc4)oc23)O1. The van der Waals surface area contributed by atoms with Gasteiger partial charge in [0.05, 0.1) is 23.0 Å². The molecule has 1 atom stereocenters. The third-order valence-corrected chi connectivity index (χ3v) is 6.01. The Morgan fingerprint density at radius 2 is 1.71 bits per heavy atom. The van der Waals surface area contributed by atoms with Gasteiger partial charge >= 0.3 is 5.97 Å². The van der Waals surface area contributed by atoms with Crippen molar-refractivity contribution in [2.75, 3.05) is 0 Å². The second-order valence-electron chi connectivity index (χ2n) is 7.99. The Hall–Kier alpha value is -4.72. The molecule has 0 unspecified atom stereocenters. The normalized spacial score (nSPS) is 15.3. The molecule has 3 aromatic carbocycles. The minimum atomic E-state index is -0.701. The highest BCUT2D eigenvalue weighted by Gasteiger charge is 2.37. The first-order valence-electron chi connectivity index (χ1n) is 10.5. The monoisotopic (exact) mass is 452 g/mol. The number of benzene rings is 3. The average Bonchev–Trinajstić information content (AvgIpc) is 2.86. The molecule has 8 nitrogen and oxygen atoms in total. The molecule has 0 spiro atoms. The smallest absolute Gasteiger partial charge is 0.312 e. The van der Waals surface area contributed by atoms with E-state index in [9.17, 15) is 19.8 Å². The Bertz CT molecular complexity index is 1670. The van der Waals surface area contributed by atoms with E-state index < -0.39 is 28.8 Å². The van der Waals surface area contributed by atoms with Gasteiger partial charge in [0.2, 0.25) is 5.75 Å². The van der Waals surface area contributed by atoms with E-state index in [1.165, 1.54) is 6.07 Å². The third kappa shape index (κ3) is 2.92. The van der Waals surface area contributed by atoms with Gasteiger partial charge < -0.3 is 19.4 Å². The molecule has 2 N–H and O–H groups in total. The van der Waals surface area contributed by atoms with Crippen LogP contribution >= 0.6 is 0 Å². The van der Waals surface area contributed by atoms with E-state index in [-0.39, 0.29) is 34.5 Å². The van der Waals surface area contributed by atoms with Gasteiger partial charge in [-0.15, -0.1) is 0 Å². The third-order valence-electron chi connectivity index (χ3n) is 6.01. The molecule has 1 aliphatic rings. The van der Waals surface area contributed by atoms with Crippen molar-refractivity contribution in [1.29, 1.82) is 0 Å². The first-order valence-corrected chi connectivity index (χ1v) is 10.5. The zero-order valence-electron chi connectivity index (χ0n) is 17.6. The number of ether oxygens (including phenoxy) is 1. The highest BCUT2D eigenvalue weighted by atomic mass is 16.5. The maximum atomic E-state index is 13.1. The van der Waals surface area contributed by atoms with Crippen LogP contribution in [0.1, 0.15) is 23.5 Å². The fourth-order valence-corrected chi connectivity index (χ4v) is 4.51. The molecule has 0 radical (unpaired) electrons. The molecule has 0 saturated heterocycles. The fraction of sp³-hybridized carbons (Fsp3) is 0.0769. The van der Waals surface area contributed by atoms with Crippen molar-refractivity contribution in [3.8, 4) is 28.6 Å². The topological polar surface area (TPSA) is 123 Å². The van der Waals surface area contributed by atoms with Crippen LogP contribution in [0.15, 0.2) is 76.2 Å². The number of phenols is 2. The second-order valence-corrected chi connectivity index (χ2v) is 7.99. The van der Waals surface area contributed by atoms with Crippen LogP contribution in [0.4, 0.5) is 0 Å². The molecule has 2 aromatic heterocycles. The lowest BCUT2D eigenvalue weighted by Gasteiger charge is -2.27. The largest absolute Gasteiger partial charge is 0.504 e. The van der Waals surface area contributed by atoms with Crippen molar-refractivity contribution in [1.82, 2.24) is 9.97 Å². The van der Waals surface area contributed by atoms with Gasteiger partial charge in [-0.1, -0.05) is 42.5 Å². The van der Waals surface area contributed by atoms with Gasteiger partial charge in [0, 0.05) is 29.9 Å². The molecule has 0 amide bonds. The predicted molar refractivity (Wildman–Crippen MR) is 123 cm³/mol. The van der Waals surface area contributed by atoms with E-state index in [2.05, 4.69) is 9.97 Å². The van der Waals surface area contributed by atoms with Crippen LogP contribution in [0.25, 0.3) is 33.3 Å². The van der Waals surface area contributed by atoms with Crippen LogP contribution < -0.4 is 10.2 Å². The lowest BCUT2D eigenvalue weighted by Crippen LogP contribution is -2.22. The van der Waals surface area contributed by atoms with Crippen molar-refractivity contribution in [2.45, 2.75) is 12.3 Å². The number of esters is 1. The number of carbonyl (C=O) groups is 1. The molecule has 0 bridgehead atoms. The molecule has 6 rings (SSSR count). The Balaban J connectivity index is 1.73. The number of nitrogens with zero attached hydrogens (tertiary/aromatic N) is 2. The number of aromatic hydroxyl groups is 2. The molecular formula is C26H16N2O6. The lowest BCUT2D eigenvalue weighted by molar-refractivity contribution is -0.135. The first kappa shape index (κ1) is 19.9. The van der Waals surface area contributed by atoms with E-state index in [0.717, 1.165) is 0 Å². The summed E-state index contributed by atoms with van der Waals surface area (Å²) in [5.41, 5.74) is 2.29. The number of hydrogen-bond acceptors (Lipinski definition) is 8. The molecule has 5 aromatic rings. The lowest BCUT2D eigenvalue weighted by atomic mass is 9.84. The summed E-state index contributed by atoms with van der Waals surface area (Å²) in [5.74, 6) is -2.62. The zero-order valence-corrected chi connectivity index (χ0v) is 17.6. The molecule has 0 aliphatic carbocycles. The van der Waals surface area contributed by atoms with Crippen molar-refractivity contribution in [3.63, 3.8) is 0 Å². The highest BCUT2D eigenvalue weighted by molar-refractivity contribution is 5.97. The van der Waals surface area contributed by atoms with E-state index in [1.807, 2.05) is 18.2 Å². The summed E-state index contributed by atoms with van der Waals surface area (Å²) in [5, 5.41) is 21.2. The average molecular weight is 452 g/mol. The number of hydrogen-bond donors (Lipinski definition) is 2. The summed E-state index contributed by atoms with van der Waals surface area (Å²) < 4.78 is 11.5.